The number of aromatic nitrogens is 2. The summed E-state index contributed by atoms with van der Waals surface area (Å²) < 4.78 is 10.2. The maximum atomic E-state index is 10.3. The van der Waals surface area contributed by atoms with Crippen LogP contribution in [-0.4, -0.2) is 29.6 Å². The van der Waals surface area contributed by atoms with E-state index in [0.717, 1.165) is 32.5 Å². The Balaban J connectivity index is 1.92. The summed E-state index contributed by atoms with van der Waals surface area (Å²) in [6.07, 6.45) is 3.40. The van der Waals surface area contributed by atoms with E-state index in [2.05, 4.69) is 10.1 Å². The molecule has 0 saturated carbocycles. The predicted octanol–water partition coefficient (Wildman–Crippen LogP) is 0.851. The summed E-state index contributed by atoms with van der Waals surface area (Å²) in [6.45, 7) is 1.61. The van der Waals surface area contributed by atoms with E-state index in [4.69, 9.17) is 9.26 Å². The van der Waals surface area contributed by atoms with Gasteiger partial charge in [0, 0.05) is 19.6 Å². The topological polar surface area (TPSA) is 65.2 Å². The summed E-state index contributed by atoms with van der Waals surface area (Å²) in [5.74, 6) is 1.23. The van der Waals surface area contributed by atoms with Crippen LogP contribution in [0.4, 0.5) is 0 Å². The number of ether oxygens (including phenoxy) is 1. The monoisotopic (exact) mass is 196 g/mol. The Morgan fingerprint density at radius 3 is 2.86 bits per heavy atom. The number of carbonyl (C=O) groups excluding carboxylic acids is 1. The van der Waals surface area contributed by atoms with Gasteiger partial charge in [0.25, 0.3) is 0 Å². The SMILES string of the molecule is O=Cc1noc(CC2CCOCC2)n1. The molecular weight excluding hydrogens is 184 g/mol. The standard InChI is InChI=1S/C9H12N2O3/c12-6-8-10-9(14-11-8)5-7-1-3-13-4-2-7/h6-7H,1-5H2. The van der Waals surface area contributed by atoms with Crippen molar-refractivity contribution >= 4 is 6.29 Å². The number of hydrogen-bond donors (Lipinski definition) is 0. The molecule has 5 heteroatoms. The molecule has 0 atom stereocenters. The summed E-state index contributed by atoms with van der Waals surface area (Å²) in [6, 6.07) is 0. The Bertz CT molecular complexity index is 305. The summed E-state index contributed by atoms with van der Waals surface area (Å²) in [5, 5.41) is 3.51. The summed E-state index contributed by atoms with van der Waals surface area (Å²) in [7, 11) is 0. The van der Waals surface area contributed by atoms with Crippen molar-refractivity contribution in [3.8, 4) is 0 Å². The maximum absolute atomic E-state index is 10.3. The third-order valence-electron chi connectivity index (χ3n) is 2.39. The lowest BCUT2D eigenvalue weighted by atomic mass is 9.97. The first kappa shape index (κ1) is 9.33. The average Bonchev–Trinajstić information content (AvgIpc) is 2.67. The van der Waals surface area contributed by atoms with Crippen molar-refractivity contribution in [3.05, 3.63) is 11.7 Å². The molecular formula is C9H12N2O3. The van der Waals surface area contributed by atoms with E-state index in [1.807, 2.05) is 0 Å². The molecule has 1 aromatic heterocycles. The molecule has 14 heavy (non-hydrogen) atoms. The number of carbonyl (C=O) groups is 1. The molecule has 0 spiro atoms. The van der Waals surface area contributed by atoms with Crippen LogP contribution in [0.5, 0.6) is 0 Å². The molecule has 0 bridgehead atoms. The Kier molecular flexibility index (Phi) is 2.88. The molecule has 2 heterocycles. The fourth-order valence-electron chi connectivity index (χ4n) is 1.60. The highest BCUT2D eigenvalue weighted by Gasteiger charge is 2.17. The largest absolute Gasteiger partial charge is 0.381 e. The Hall–Kier alpha value is -1.23. The van der Waals surface area contributed by atoms with Crippen LogP contribution in [0.15, 0.2) is 4.52 Å². The van der Waals surface area contributed by atoms with E-state index in [-0.39, 0.29) is 5.82 Å². The van der Waals surface area contributed by atoms with Crippen molar-refractivity contribution in [2.45, 2.75) is 19.3 Å². The van der Waals surface area contributed by atoms with Crippen molar-refractivity contribution in [3.63, 3.8) is 0 Å². The minimum absolute atomic E-state index is 0.132. The van der Waals surface area contributed by atoms with E-state index in [1.54, 1.807) is 0 Å². The van der Waals surface area contributed by atoms with Crippen molar-refractivity contribution < 1.29 is 14.1 Å². The van der Waals surface area contributed by atoms with Gasteiger partial charge >= 0.3 is 0 Å². The smallest absolute Gasteiger partial charge is 0.235 e. The highest BCUT2D eigenvalue weighted by molar-refractivity contribution is 5.68. The summed E-state index contributed by atoms with van der Waals surface area (Å²) >= 11 is 0. The molecule has 0 aromatic carbocycles. The number of rotatable bonds is 3. The molecule has 2 rings (SSSR count). The lowest BCUT2D eigenvalue weighted by molar-refractivity contribution is 0.0642. The lowest BCUT2D eigenvalue weighted by Crippen LogP contribution is -2.17. The van der Waals surface area contributed by atoms with Crippen molar-refractivity contribution in [2.24, 2.45) is 5.92 Å². The zero-order valence-electron chi connectivity index (χ0n) is 7.81. The molecule has 0 radical (unpaired) electrons. The van der Waals surface area contributed by atoms with Crippen molar-refractivity contribution in [1.82, 2.24) is 10.1 Å². The zero-order chi connectivity index (χ0) is 9.80. The second-order valence-electron chi connectivity index (χ2n) is 3.42. The predicted molar refractivity (Wildman–Crippen MR) is 46.9 cm³/mol. The van der Waals surface area contributed by atoms with Crippen molar-refractivity contribution in [2.75, 3.05) is 13.2 Å². The fourth-order valence-corrected chi connectivity index (χ4v) is 1.60. The van der Waals surface area contributed by atoms with Gasteiger partial charge in [0.1, 0.15) is 0 Å². The molecule has 0 N–H and O–H groups in total. The average molecular weight is 196 g/mol. The molecule has 5 nitrogen and oxygen atoms in total. The summed E-state index contributed by atoms with van der Waals surface area (Å²) in [4.78, 5) is 14.2. The molecule has 76 valence electrons. The van der Waals surface area contributed by atoms with Gasteiger partial charge in [-0.3, -0.25) is 4.79 Å². The molecule has 0 unspecified atom stereocenters. The molecule has 1 aliphatic heterocycles. The van der Waals surface area contributed by atoms with Crippen molar-refractivity contribution in [1.29, 1.82) is 0 Å². The third kappa shape index (κ3) is 2.17. The molecule has 0 aliphatic carbocycles. The van der Waals surface area contributed by atoms with Crippen LogP contribution in [-0.2, 0) is 11.2 Å². The van der Waals surface area contributed by atoms with Gasteiger partial charge in [-0.05, 0) is 18.8 Å². The van der Waals surface area contributed by atoms with Gasteiger partial charge in [-0.15, -0.1) is 0 Å². The van der Waals surface area contributed by atoms with Crippen LogP contribution >= 0.6 is 0 Å². The van der Waals surface area contributed by atoms with Gasteiger partial charge in [-0.25, -0.2) is 0 Å². The minimum atomic E-state index is 0.132. The maximum Gasteiger partial charge on any atom is 0.235 e. The van der Waals surface area contributed by atoms with E-state index in [9.17, 15) is 4.79 Å². The number of hydrogen-bond acceptors (Lipinski definition) is 5. The summed E-state index contributed by atoms with van der Waals surface area (Å²) in [5.41, 5.74) is 0. The van der Waals surface area contributed by atoms with E-state index >= 15 is 0 Å². The van der Waals surface area contributed by atoms with Crippen LogP contribution in [0, 0.1) is 5.92 Å². The first-order chi connectivity index (χ1) is 6.88. The third-order valence-corrected chi connectivity index (χ3v) is 2.39. The fraction of sp³-hybridized carbons (Fsp3) is 0.667. The van der Waals surface area contributed by atoms with E-state index in [0.29, 0.717) is 18.1 Å². The van der Waals surface area contributed by atoms with Gasteiger partial charge in [-0.1, -0.05) is 5.16 Å². The number of nitrogens with zero attached hydrogens (tertiary/aromatic N) is 2. The number of aldehydes is 1. The first-order valence-electron chi connectivity index (χ1n) is 4.74. The Morgan fingerprint density at radius 1 is 1.43 bits per heavy atom. The Labute approximate surface area is 81.4 Å². The van der Waals surface area contributed by atoms with Crippen LogP contribution in [0.25, 0.3) is 0 Å². The van der Waals surface area contributed by atoms with Crippen LogP contribution in [0.1, 0.15) is 29.4 Å². The van der Waals surface area contributed by atoms with Crippen LogP contribution < -0.4 is 0 Å². The second-order valence-corrected chi connectivity index (χ2v) is 3.42. The van der Waals surface area contributed by atoms with Gasteiger partial charge in [0.05, 0.1) is 0 Å². The molecule has 1 fully saturated rings. The second kappa shape index (κ2) is 4.32. The van der Waals surface area contributed by atoms with Gasteiger partial charge in [0.2, 0.25) is 11.7 Å². The highest BCUT2D eigenvalue weighted by atomic mass is 16.5. The normalized spacial score (nSPS) is 18.3. The van der Waals surface area contributed by atoms with Gasteiger partial charge in [0.15, 0.2) is 6.29 Å². The quantitative estimate of drug-likeness (QED) is 0.670. The van der Waals surface area contributed by atoms with Gasteiger partial charge < -0.3 is 9.26 Å². The van der Waals surface area contributed by atoms with E-state index in [1.165, 1.54) is 0 Å². The minimum Gasteiger partial charge on any atom is -0.381 e. The van der Waals surface area contributed by atoms with E-state index < -0.39 is 0 Å². The molecule has 0 amide bonds. The van der Waals surface area contributed by atoms with Gasteiger partial charge in [-0.2, -0.15) is 4.98 Å². The molecule has 1 aliphatic rings. The van der Waals surface area contributed by atoms with Crippen LogP contribution in [0.3, 0.4) is 0 Å². The van der Waals surface area contributed by atoms with Crippen LogP contribution in [0.2, 0.25) is 0 Å². The molecule has 1 aromatic rings. The first-order valence-corrected chi connectivity index (χ1v) is 4.74. The highest BCUT2D eigenvalue weighted by Crippen LogP contribution is 2.18. The lowest BCUT2D eigenvalue weighted by Gasteiger charge is -2.19. The Morgan fingerprint density at radius 2 is 2.21 bits per heavy atom. The zero-order valence-corrected chi connectivity index (χ0v) is 7.81. The molecule has 1 saturated heterocycles.